The van der Waals surface area contributed by atoms with Crippen LogP contribution in [0.4, 0.5) is 5.69 Å². The van der Waals surface area contributed by atoms with E-state index in [9.17, 15) is 4.79 Å². The molecule has 3 N–H and O–H groups in total. The fourth-order valence-electron chi connectivity index (χ4n) is 2.11. The van der Waals surface area contributed by atoms with Crippen LogP contribution in [0.3, 0.4) is 0 Å². The van der Waals surface area contributed by atoms with Gasteiger partial charge in [-0.1, -0.05) is 18.5 Å². The minimum atomic E-state index is -0.116. The summed E-state index contributed by atoms with van der Waals surface area (Å²) < 4.78 is 5.34. The summed E-state index contributed by atoms with van der Waals surface area (Å²) in [6.07, 6.45) is 1.94. The number of benzene rings is 1. The number of nitrogen functional groups attached to an aromatic ring is 1. The van der Waals surface area contributed by atoms with E-state index in [1.165, 1.54) is 0 Å². The zero-order valence-corrected chi connectivity index (χ0v) is 11.8. The van der Waals surface area contributed by atoms with Crippen molar-refractivity contribution < 1.29 is 9.53 Å². The Morgan fingerprint density at radius 3 is 2.79 bits per heavy atom. The fraction of sp³-hybridized carbons (Fsp3) is 0.500. The van der Waals surface area contributed by atoms with E-state index in [0.29, 0.717) is 22.8 Å². The normalized spacial score (nSPS) is 18.0. The van der Waals surface area contributed by atoms with Gasteiger partial charge in [0.1, 0.15) is 0 Å². The quantitative estimate of drug-likeness (QED) is 0.837. The number of halogens is 1. The largest absolute Gasteiger partial charge is 0.398 e. The number of rotatable bonds is 3. The molecule has 19 heavy (non-hydrogen) atoms. The molecule has 1 amide bonds. The van der Waals surface area contributed by atoms with Crippen molar-refractivity contribution in [3.8, 4) is 0 Å². The predicted molar refractivity (Wildman–Crippen MR) is 76.4 cm³/mol. The lowest BCUT2D eigenvalue weighted by Crippen LogP contribution is -2.39. The predicted octanol–water partition coefficient (Wildman–Crippen LogP) is 2.47. The number of nitrogens with two attached hydrogens (primary N) is 1. The molecule has 1 heterocycles. The van der Waals surface area contributed by atoms with Crippen LogP contribution in [0, 0.1) is 5.41 Å². The Morgan fingerprint density at radius 2 is 2.16 bits per heavy atom. The first kappa shape index (κ1) is 14.2. The molecule has 0 aromatic heterocycles. The van der Waals surface area contributed by atoms with E-state index < -0.39 is 0 Å². The molecule has 5 heteroatoms. The summed E-state index contributed by atoms with van der Waals surface area (Å²) in [6, 6.07) is 4.93. The Balaban J connectivity index is 1.95. The SMILES string of the molecule is CC1(CNC(=O)c2ccc(N)c(Cl)c2)CCOCC1. The summed E-state index contributed by atoms with van der Waals surface area (Å²) in [5.41, 5.74) is 6.76. The highest BCUT2D eigenvalue weighted by molar-refractivity contribution is 6.33. The first-order valence-electron chi connectivity index (χ1n) is 6.41. The highest BCUT2D eigenvalue weighted by Crippen LogP contribution is 2.28. The number of hydrogen-bond acceptors (Lipinski definition) is 3. The van der Waals surface area contributed by atoms with Gasteiger partial charge in [-0.3, -0.25) is 4.79 Å². The third-order valence-corrected chi connectivity index (χ3v) is 3.97. The summed E-state index contributed by atoms with van der Waals surface area (Å²) in [6.45, 7) is 4.35. The summed E-state index contributed by atoms with van der Waals surface area (Å²) in [7, 11) is 0. The van der Waals surface area contributed by atoms with Crippen molar-refractivity contribution in [1.82, 2.24) is 5.32 Å². The van der Waals surface area contributed by atoms with E-state index in [-0.39, 0.29) is 11.3 Å². The van der Waals surface area contributed by atoms with Gasteiger partial charge in [0, 0.05) is 25.3 Å². The van der Waals surface area contributed by atoms with Crippen LogP contribution >= 0.6 is 11.6 Å². The van der Waals surface area contributed by atoms with Gasteiger partial charge in [-0.05, 0) is 36.5 Å². The van der Waals surface area contributed by atoms with Gasteiger partial charge < -0.3 is 15.8 Å². The molecule has 0 spiro atoms. The van der Waals surface area contributed by atoms with Crippen molar-refractivity contribution in [2.45, 2.75) is 19.8 Å². The van der Waals surface area contributed by atoms with Gasteiger partial charge in [0.2, 0.25) is 0 Å². The number of ether oxygens (including phenoxy) is 1. The van der Waals surface area contributed by atoms with Gasteiger partial charge in [-0.25, -0.2) is 0 Å². The van der Waals surface area contributed by atoms with Gasteiger partial charge in [0.05, 0.1) is 10.7 Å². The van der Waals surface area contributed by atoms with Gasteiger partial charge in [0.15, 0.2) is 0 Å². The Morgan fingerprint density at radius 1 is 1.47 bits per heavy atom. The van der Waals surface area contributed by atoms with Crippen LogP contribution in [-0.2, 0) is 4.74 Å². The molecule has 0 saturated carbocycles. The van der Waals surface area contributed by atoms with E-state index in [0.717, 1.165) is 26.1 Å². The van der Waals surface area contributed by atoms with E-state index in [1.54, 1.807) is 18.2 Å². The maximum absolute atomic E-state index is 12.1. The second-order valence-electron chi connectivity index (χ2n) is 5.34. The molecule has 0 aliphatic carbocycles. The van der Waals surface area contributed by atoms with Crippen LogP contribution < -0.4 is 11.1 Å². The Hall–Kier alpha value is -1.26. The molecule has 0 atom stereocenters. The highest BCUT2D eigenvalue weighted by atomic mass is 35.5. The molecule has 0 radical (unpaired) electrons. The van der Waals surface area contributed by atoms with Crippen molar-refractivity contribution >= 4 is 23.2 Å². The second kappa shape index (κ2) is 5.80. The van der Waals surface area contributed by atoms with Gasteiger partial charge in [0.25, 0.3) is 5.91 Å². The molecule has 104 valence electrons. The number of carbonyl (C=O) groups is 1. The minimum absolute atomic E-state index is 0.116. The average molecular weight is 283 g/mol. The van der Waals surface area contributed by atoms with Gasteiger partial charge >= 0.3 is 0 Å². The van der Waals surface area contributed by atoms with Crippen molar-refractivity contribution in [1.29, 1.82) is 0 Å². The molecule has 1 fully saturated rings. The molecular weight excluding hydrogens is 264 g/mol. The number of amides is 1. The first-order chi connectivity index (χ1) is 9.00. The lowest BCUT2D eigenvalue weighted by molar-refractivity contribution is 0.0238. The first-order valence-corrected chi connectivity index (χ1v) is 6.79. The lowest BCUT2D eigenvalue weighted by Gasteiger charge is -2.33. The summed E-state index contributed by atoms with van der Waals surface area (Å²) in [5, 5.41) is 3.37. The van der Waals surface area contributed by atoms with E-state index in [1.807, 2.05) is 0 Å². The standard InChI is InChI=1S/C14H19ClN2O2/c1-14(4-6-19-7-5-14)9-17-13(18)10-2-3-12(16)11(15)8-10/h2-3,8H,4-7,9,16H2,1H3,(H,17,18). The smallest absolute Gasteiger partial charge is 0.251 e. The minimum Gasteiger partial charge on any atom is -0.398 e. The number of hydrogen-bond donors (Lipinski definition) is 2. The van der Waals surface area contributed by atoms with Crippen LogP contribution in [0.5, 0.6) is 0 Å². The third kappa shape index (κ3) is 3.61. The molecule has 2 rings (SSSR count). The third-order valence-electron chi connectivity index (χ3n) is 3.64. The monoisotopic (exact) mass is 282 g/mol. The number of anilines is 1. The molecule has 0 unspecified atom stereocenters. The zero-order valence-electron chi connectivity index (χ0n) is 11.0. The van der Waals surface area contributed by atoms with Crippen LogP contribution in [0.25, 0.3) is 0 Å². The van der Waals surface area contributed by atoms with E-state index >= 15 is 0 Å². The molecule has 4 nitrogen and oxygen atoms in total. The van der Waals surface area contributed by atoms with E-state index in [4.69, 9.17) is 22.1 Å². The van der Waals surface area contributed by atoms with E-state index in [2.05, 4.69) is 12.2 Å². The van der Waals surface area contributed by atoms with Crippen molar-refractivity contribution in [2.24, 2.45) is 5.41 Å². The molecule has 1 aliphatic rings. The molecule has 1 saturated heterocycles. The Kier molecular flexibility index (Phi) is 4.32. The van der Waals surface area contributed by atoms with Crippen molar-refractivity contribution in [3.63, 3.8) is 0 Å². The van der Waals surface area contributed by atoms with Crippen LogP contribution in [-0.4, -0.2) is 25.7 Å². The van der Waals surface area contributed by atoms with Gasteiger partial charge in [-0.15, -0.1) is 0 Å². The maximum atomic E-state index is 12.1. The summed E-state index contributed by atoms with van der Waals surface area (Å²) in [4.78, 5) is 12.1. The van der Waals surface area contributed by atoms with Crippen LogP contribution in [0.2, 0.25) is 5.02 Å². The molecule has 1 aromatic rings. The number of carbonyl (C=O) groups excluding carboxylic acids is 1. The second-order valence-corrected chi connectivity index (χ2v) is 5.75. The Labute approximate surface area is 118 Å². The molecule has 1 aliphatic heterocycles. The average Bonchev–Trinajstić information content (AvgIpc) is 2.40. The van der Waals surface area contributed by atoms with Gasteiger partial charge in [-0.2, -0.15) is 0 Å². The fourth-order valence-corrected chi connectivity index (χ4v) is 2.29. The number of nitrogens with one attached hydrogen (secondary N) is 1. The lowest BCUT2D eigenvalue weighted by atomic mass is 9.82. The molecule has 0 bridgehead atoms. The van der Waals surface area contributed by atoms with Crippen molar-refractivity contribution in [3.05, 3.63) is 28.8 Å². The maximum Gasteiger partial charge on any atom is 0.251 e. The Bertz CT molecular complexity index is 471. The topological polar surface area (TPSA) is 64.4 Å². The molecule has 1 aromatic carbocycles. The summed E-state index contributed by atoms with van der Waals surface area (Å²) in [5.74, 6) is -0.116. The zero-order chi connectivity index (χ0) is 13.9. The van der Waals surface area contributed by atoms with Crippen LogP contribution in [0.15, 0.2) is 18.2 Å². The van der Waals surface area contributed by atoms with Crippen LogP contribution in [0.1, 0.15) is 30.1 Å². The highest BCUT2D eigenvalue weighted by Gasteiger charge is 2.27. The summed E-state index contributed by atoms with van der Waals surface area (Å²) >= 11 is 5.91. The molecular formula is C14H19ClN2O2. The van der Waals surface area contributed by atoms with Crippen molar-refractivity contribution in [2.75, 3.05) is 25.5 Å².